The molecule has 0 saturated carbocycles. The average Bonchev–Trinajstić information content (AvgIpc) is 2.80. The molecule has 5 nitrogen and oxygen atoms in total. The van der Waals surface area contributed by atoms with Crippen molar-refractivity contribution in [3.8, 4) is 0 Å². The number of nitrogens with zero attached hydrogens (tertiary/aromatic N) is 3. The summed E-state index contributed by atoms with van der Waals surface area (Å²) < 4.78 is 1.67. The van der Waals surface area contributed by atoms with Crippen molar-refractivity contribution in [3.05, 3.63) is 17.3 Å². The van der Waals surface area contributed by atoms with E-state index in [-0.39, 0.29) is 11.6 Å². The van der Waals surface area contributed by atoms with Gasteiger partial charge in [-0.1, -0.05) is 0 Å². The molecule has 0 aromatic carbocycles. The van der Waals surface area contributed by atoms with Gasteiger partial charge in [0.1, 0.15) is 13.5 Å². The fourth-order valence-corrected chi connectivity index (χ4v) is 1.91. The van der Waals surface area contributed by atoms with Crippen molar-refractivity contribution >= 4 is 35.6 Å². The summed E-state index contributed by atoms with van der Waals surface area (Å²) in [4.78, 5) is 21.3. The molecule has 2 radical (unpaired) electrons. The Morgan fingerprint density at radius 1 is 1.73 bits per heavy atom. The molecule has 0 saturated heterocycles. The van der Waals surface area contributed by atoms with Gasteiger partial charge in [-0.2, -0.15) is 0 Å². The van der Waals surface area contributed by atoms with Gasteiger partial charge in [0.05, 0.1) is 7.11 Å². The molecule has 0 aliphatic heterocycles. The molecule has 76 valence electrons. The summed E-state index contributed by atoms with van der Waals surface area (Å²) in [6.45, 7) is 0. The number of hydrogen-bond donors (Lipinski definition) is 0. The summed E-state index contributed by atoms with van der Waals surface area (Å²) in [5.74, 6) is -0.356. The number of carbonyl (C=O) groups is 1. The van der Waals surface area contributed by atoms with E-state index in [9.17, 15) is 4.79 Å². The zero-order valence-corrected chi connectivity index (χ0v) is 9.11. The van der Waals surface area contributed by atoms with Crippen molar-refractivity contribution in [2.45, 2.75) is 0 Å². The van der Waals surface area contributed by atoms with Gasteiger partial charge in [0.15, 0.2) is 4.96 Å². The molecule has 0 aliphatic carbocycles. The quantitative estimate of drug-likeness (QED) is 0.522. The monoisotopic (exact) mass is 221 g/mol. The van der Waals surface area contributed by atoms with E-state index in [0.29, 0.717) is 10.6 Å². The molecular weight excluding hydrogens is 213 g/mol. The largest absolute Gasteiger partial charge is 0.304 e. The van der Waals surface area contributed by atoms with Gasteiger partial charge >= 0.3 is 0 Å². The first-order valence-corrected chi connectivity index (χ1v) is 5.06. The van der Waals surface area contributed by atoms with Crippen LogP contribution in [-0.4, -0.2) is 42.4 Å². The van der Waals surface area contributed by atoms with Crippen LogP contribution in [0.4, 0.5) is 0 Å². The number of carbonyl (C=O) groups excluding carboxylic acids is 1. The van der Waals surface area contributed by atoms with Crippen molar-refractivity contribution in [2.24, 2.45) is 0 Å². The maximum Gasteiger partial charge on any atom is 0.296 e. The topological polar surface area (TPSA) is 46.8 Å². The predicted molar refractivity (Wildman–Crippen MR) is 57.6 cm³/mol. The third-order valence-electron chi connectivity index (χ3n) is 2.06. The van der Waals surface area contributed by atoms with Gasteiger partial charge in [-0.3, -0.25) is 9.63 Å². The van der Waals surface area contributed by atoms with Gasteiger partial charge in [-0.15, -0.1) is 11.3 Å². The van der Waals surface area contributed by atoms with Crippen LogP contribution in [-0.2, 0) is 4.84 Å². The van der Waals surface area contributed by atoms with Crippen LogP contribution in [0.25, 0.3) is 4.96 Å². The van der Waals surface area contributed by atoms with E-state index < -0.39 is 0 Å². The standard InChI is InChI=1S/C8H8BN3O2S/c1-11(14-2)7(13)5-6(9)12-3-4-15-8(12)10-5/h3-4H,1-2H3. The highest BCUT2D eigenvalue weighted by Gasteiger charge is 2.19. The molecule has 2 aromatic rings. The number of amides is 1. The third kappa shape index (κ3) is 1.53. The van der Waals surface area contributed by atoms with Crippen LogP contribution >= 0.6 is 11.3 Å². The van der Waals surface area contributed by atoms with E-state index in [1.807, 2.05) is 5.38 Å². The molecule has 2 heterocycles. The van der Waals surface area contributed by atoms with Crippen LogP contribution in [0.5, 0.6) is 0 Å². The minimum absolute atomic E-state index is 0.214. The minimum Gasteiger partial charge on any atom is -0.304 e. The maximum atomic E-state index is 11.7. The highest BCUT2D eigenvalue weighted by atomic mass is 32.1. The molecule has 0 spiro atoms. The fourth-order valence-electron chi connectivity index (χ4n) is 1.19. The first-order chi connectivity index (χ1) is 7.15. The SMILES string of the molecule is [B]c1c(C(=O)N(C)OC)nc2sccn12. The number of rotatable bonds is 2. The fraction of sp³-hybridized carbons (Fsp3) is 0.250. The first kappa shape index (κ1) is 10.2. The molecule has 0 N–H and O–H groups in total. The van der Waals surface area contributed by atoms with E-state index in [4.69, 9.17) is 12.7 Å². The lowest BCUT2D eigenvalue weighted by atomic mass is 10.0. The Kier molecular flexibility index (Phi) is 2.49. The molecule has 2 rings (SSSR count). The molecular formula is C8H8BN3O2S. The molecule has 15 heavy (non-hydrogen) atoms. The predicted octanol–water partition coefficient (Wildman–Crippen LogP) is -0.177. The van der Waals surface area contributed by atoms with Crippen LogP contribution < -0.4 is 5.59 Å². The Balaban J connectivity index is 2.47. The number of imidazole rings is 1. The van der Waals surface area contributed by atoms with Gasteiger partial charge < -0.3 is 4.40 Å². The van der Waals surface area contributed by atoms with E-state index >= 15 is 0 Å². The van der Waals surface area contributed by atoms with Crippen molar-refractivity contribution in [3.63, 3.8) is 0 Å². The second-order valence-electron chi connectivity index (χ2n) is 2.89. The lowest BCUT2D eigenvalue weighted by Gasteiger charge is -2.12. The van der Waals surface area contributed by atoms with E-state index in [2.05, 4.69) is 4.98 Å². The summed E-state index contributed by atoms with van der Waals surface area (Å²) in [5, 5.41) is 2.94. The number of hydrogen-bond acceptors (Lipinski definition) is 4. The van der Waals surface area contributed by atoms with Gasteiger partial charge in [-0.25, -0.2) is 10.0 Å². The molecule has 0 fully saturated rings. The van der Waals surface area contributed by atoms with Gasteiger partial charge in [0.25, 0.3) is 5.91 Å². The lowest BCUT2D eigenvalue weighted by molar-refractivity contribution is -0.0759. The highest BCUT2D eigenvalue weighted by Crippen LogP contribution is 2.10. The molecule has 0 atom stereocenters. The zero-order chi connectivity index (χ0) is 11.0. The number of aromatic nitrogens is 2. The van der Waals surface area contributed by atoms with Gasteiger partial charge in [-0.05, 0) is 0 Å². The normalized spacial score (nSPS) is 10.8. The third-order valence-corrected chi connectivity index (χ3v) is 2.82. The smallest absolute Gasteiger partial charge is 0.296 e. The summed E-state index contributed by atoms with van der Waals surface area (Å²) in [6.07, 6.45) is 1.77. The number of fused-ring (bicyclic) bond motifs is 1. The van der Waals surface area contributed by atoms with Crippen LogP contribution in [0.1, 0.15) is 10.5 Å². The molecule has 7 heteroatoms. The van der Waals surface area contributed by atoms with Gasteiger partial charge in [0.2, 0.25) is 0 Å². The summed E-state index contributed by atoms with van der Waals surface area (Å²) >= 11 is 1.42. The van der Waals surface area contributed by atoms with E-state index in [0.717, 1.165) is 5.06 Å². The van der Waals surface area contributed by atoms with Crippen LogP contribution in [0.15, 0.2) is 11.6 Å². The Morgan fingerprint density at radius 3 is 3.07 bits per heavy atom. The first-order valence-electron chi connectivity index (χ1n) is 4.18. The van der Waals surface area contributed by atoms with E-state index in [1.54, 1.807) is 10.6 Å². The molecule has 1 amide bonds. The zero-order valence-electron chi connectivity index (χ0n) is 8.30. The average molecular weight is 221 g/mol. The van der Waals surface area contributed by atoms with Crippen LogP contribution in [0.3, 0.4) is 0 Å². The van der Waals surface area contributed by atoms with Crippen molar-refractivity contribution < 1.29 is 9.63 Å². The summed E-state index contributed by atoms with van der Waals surface area (Å²) in [6, 6.07) is 0. The summed E-state index contributed by atoms with van der Waals surface area (Å²) in [5.41, 5.74) is 0.548. The number of thiazole rings is 1. The second-order valence-corrected chi connectivity index (χ2v) is 3.76. The Bertz CT molecular complexity index is 507. The summed E-state index contributed by atoms with van der Waals surface area (Å²) in [7, 11) is 8.70. The minimum atomic E-state index is -0.356. The molecule has 0 unspecified atom stereocenters. The highest BCUT2D eigenvalue weighted by molar-refractivity contribution is 7.15. The van der Waals surface area contributed by atoms with Crippen molar-refractivity contribution in [1.29, 1.82) is 0 Å². The van der Waals surface area contributed by atoms with E-state index in [1.165, 1.54) is 25.5 Å². The second kappa shape index (κ2) is 3.67. The van der Waals surface area contributed by atoms with Gasteiger partial charge in [0, 0.05) is 24.2 Å². The maximum absolute atomic E-state index is 11.7. The van der Waals surface area contributed by atoms with Crippen molar-refractivity contribution in [2.75, 3.05) is 14.2 Å². The number of hydroxylamine groups is 2. The van der Waals surface area contributed by atoms with Crippen LogP contribution in [0.2, 0.25) is 0 Å². The molecule has 0 aliphatic rings. The Labute approximate surface area is 91.6 Å². The Hall–Kier alpha value is -1.34. The molecule has 2 aromatic heterocycles. The molecule has 0 bridgehead atoms. The van der Waals surface area contributed by atoms with Crippen LogP contribution in [0, 0.1) is 0 Å². The Morgan fingerprint density at radius 2 is 2.47 bits per heavy atom. The van der Waals surface area contributed by atoms with Crippen molar-refractivity contribution in [1.82, 2.24) is 14.4 Å². The lowest BCUT2D eigenvalue weighted by Crippen LogP contribution is -2.30.